The molecule has 26 heavy (non-hydrogen) atoms. The largest absolute Gasteiger partial charge is 0.470 e. The van der Waals surface area contributed by atoms with Crippen molar-refractivity contribution in [2.24, 2.45) is 0 Å². The molecule has 2 atom stereocenters. The molecule has 0 N–H and O–H groups in total. The van der Waals surface area contributed by atoms with Crippen LogP contribution in [0, 0.1) is 0 Å². The number of imide groups is 1. The summed E-state index contributed by atoms with van der Waals surface area (Å²) in [5.74, 6) is -0.569. The fourth-order valence-electron chi connectivity index (χ4n) is 2.90. The maximum atomic E-state index is 12.6. The molecule has 2 unspecified atom stereocenters. The summed E-state index contributed by atoms with van der Waals surface area (Å²) in [6.07, 6.45) is -0.351. The molecule has 0 aromatic heterocycles. The maximum Gasteiger partial charge on any atom is 0.264 e. The molecule has 1 aliphatic rings. The van der Waals surface area contributed by atoms with E-state index in [0.29, 0.717) is 28.9 Å². The number of hydrogen-bond acceptors (Lipinski definition) is 4. The van der Waals surface area contributed by atoms with Gasteiger partial charge in [0.25, 0.3) is 11.8 Å². The molecule has 0 saturated carbocycles. The summed E-state index contributed by atoms with van der Waals surface area (Å²) in [7, 11) is 0. The highest BCUT2D eigenvalue weighted by Gasteiger charge is 2.40. The minimum Gasteiger partial charge on any atom is -0.470 e. The Hall–Kier alpha value is -2.66. The molecule has 0 fully saturated rings. The number of Topliss-reactive ketones (excluding diaryl/α,β-unsaturated/α-hetero) is 1. The van der Waals surface area contributed by atoms with Crippen molar-refractivity contribution in [1.29, 1.82) is 0 Å². The Bertz CT molecular complexity index is 843. The number of ether oxygens (including phenoxy) is 1. The van der Waals surface area contributed by atoms with Gasteiger partial charge in [-0.2, -0.15) is 0 Å². The van der Waals surface area contributed by atoms with Gasteiger partial charge >= 0.3 is 0 Å². The molecular formula is C20H18ClNO4. The number of amides is 2. The van der Waals surface area contributed by atoms with Gasteiger partial charge in [-0.15, -0.1) is 11.6 Å². The van der Waals surface area contributed by atoms with Crippen LogP contribution in [0.4, 0.5) is 0 Å². The van der Waals surface area contributed by atoms with E-state index in [1.807, 2.05) is 6.92 Å². The Morgan fingerprint density at radius 2 is 1.69 bits per heavy atom. The zero-order valence-electron chi connectivity index (χ0n) is 14.4. The number of halogens is 1. The number of rotatable bonds is 6. The van der Waals surface area contributed by atoms with Gasteiger partial charge in [-0.1, -0.05) is 31.2 Å². The van der Waals surface area contributed by atoms with Crippen LogP contribution in [-0.4, -0.2) is 34.1 Å². The molecule has 0 radical (unpaired) electrons. The molecule has 134 valence electrons. The van der Waals surface area contributed by atoms with E-state index in [0.717, 1.165) is 4.90 Å². The zero-order valence-corrected chi connectivity index (χ0v) is 15.2. The highest BCUT2D eigenvalue weighted by atomic mass is 35.5. The van der Waals surface area contributed by atoms with Crippen LogP contribution in [0.5, 0.6) is 5.75 Å². The zero-order chi connectivity index (χ0) is 18.8. The van der Waals surface area contributed by atoms with E-state index in [9.17, 15) is 14.4 Å². The van der Waals surface area contributed by atoms with Gasteiger partial charge in [0.05, 0.1) is 16.5 Å². The molecular weight excluding hydrogens is 354 g/mol. The summed E-state index contributed by atoms with van der Waals surface area (Å²) in [5.41, 5.74) is 1.17. The first-order valence-corrected chi connectivity index (χ1v) is 8.79. The molecule has 0 bridgehead atoms. The fraction of sp³-hybridized carbons (Fsp3) is 0.250. The molecule has 0 aliphatic carbocycles. The van der Waals surface area contributed by atoms with Gasteiger partial charge in [-0.05, 0) is 31.2 Å². The topological polar surface area (TPSA) is 63.7 Å². The minimum absolute atomic E-state index is 0.217. The van der Waals surface area contributed by atoms with Crippen molar-refractivity contribution in [3.63, 3.8) is 0 Å². The number of nitrogens with zero attached hydrogens (tertiary/aromatic N) is 1. The van der Waals surface area contributed by atoms with Crippen LogP contribution in [0.3, 0.4) is 0 Å². The third-order valence-corrected chi connectivity index (χ3v) is 4.41. The molecule has 6 heteroatoms. The van der Waals surface area contributed by atoms with Crippen molar-refractivity contribution >= 4 is 29.2 Å². The minimum atomic E-state index is -0.763. The lowest BCUT2D eigenvalue weighted by atomic mass is 10.1. The third-order valence-electron chi connectivity index (χ3n) is 4.21. The Morgan fingerprint density at radius 3 is 2.23 bits per heavy atom. The Labute approximate surface area is 156 Å². The summed E-state index contributed by atoms with van der Waals surface area (Å²) >= 11 is 5.85. The van der Waals surface area contributed by atoms with Gasteiger partial charge in [0.1, 0.15) is 5.75 Å². The molecule has 1 aliphatic heterocycles. The van der Waals surface area contributed by atoms with Crippen LogP contribution in [0.1, 0.15) is 51.3 Å². The molecule has 2 amide bonds. The quantitative estimate of drug-likeness (QED) is 0.439. The summed E-state index contributed by atoms with van der Waals surface area (Å²) in [6.45, 7) is 3.43. The predicted molar refractivity (Wildman–Crippen MR) is 97.7 cm³/mol. The standard InChI is InChI=1S/C20H18ClNO4/c1-3-17(22-19(24)15-9-4-5-10-16(15)20(22)25)26-14-8-6-7-13(11-14)18(23)12(2)21/h4-12,17H,3H2,1-2H3. The van der Waals surface area contributed by atoms with Crippen molar-refractivity contribution in [2.45, 2.75) is 31.9 Å². The second-order valence-corrected chi connectivity index (χ2v) is 6.67. The molecule has 1 heterocycles. The first-order chi connectivity index (χ1) is 12.4. The van der Waals surface area contributed by atoms with Gasteiger partial charge in [0.15, 0.2) is 12.0 Å². The van der Waals surface area contributed by atoms with Gasteiger partial charge < -0.3 is 4.74 Å². The number of alkyl halides is 1. The van der Waals surface area contributed by atoms with Crippen molar-refractivity contribution in [1.82, 2.24) is 4.90 Å². The van der Waals surface area contributed by atoms with Gasteiger partial charge in [-0.3, -0.25) is 14.4 Å². The number of fused-ring (bicyclic) bond motifs is 1. The molecule has 3 rings (SSSR count). The van der Waals surface area contributed by atoms with Crippen molar-refractivity contribution in [3.8, 4) is 5.75 Å². The lowest BCUT2D eigenvalue weighted by Gasteiger charge is -2.26. The molecule has 0 saturated heterocycles. The second-order valence-electron chi connectivity index (χ2n) is 6.01. The van der Waals surface area contributed by atoms with E-state index in [-0.39, 0.29) is 17.6 Å². The van der Waals surface area contributed by atoms with Gasteiger partial charge in [0, 0.05) is 12.0 Å². The summed E-state index contributed by atoms with van der Waals surface area (Å²) in [5, 5.41) is -0.650. The van der Waals surface area contributed by atoms with Gasteiger partial charge in [-0.25, -0.2) is 4.90 Å². The Balaban J connectivity index is 1.86. The average Bonchev–Trinajstić information content (AvgIpc) is 2.90. The van der Waals surface area contributed by atoms with E-state index >= 15 is 0 Å². The average molecular weight is 372 g/mol. The first kappa shape index (κ1) is 18.1. The van der Waals surface area contributed by atoms with E-state index in [2.05, 4.69) is 0 Å². The summed E-state index contributed by atoms with van der Waals surface area (Å²) in [6, 6.07) is 13.3. The Kier molecular flexibility index (Phi) is 5.09. The van der Waals surface area contributed by atoms with Crippen LogP contribution in [0.2, 0.25) is 0 Å². The van der Waals surface area contributed by atoms with Crippen LogP contribution in [0.15, 0.2) is 48.5 Å². The van der Waals surface area contributed by atoms with Crippen molar-refractivity contribution < 1.29 is 19.1 Å². The van der Waals surface area contributed by atoms with Crippen LogP contribution in [0.25, 0.3) is 0 Å². The Morgan fingerprint density at radius 1 is 1.08 bits per heavy atom. The number of benzene rings is 2. The molecule has 2 aromatic carbocycles. The van der Waals surface area contributed by atoms with E-state index < -0.39 is 11.6 Å². The lowest BCUT2D eigenvalue weighted by molar-refractivity contribution is 0.0225. The number of carbonyl (C=O) groups is 3. The monoisotopic (exact) mass is 371 g/mol. The normalized spacial score (nSPS) is 15.6. The second kappa shape index (κ2) is 7.30. The maximum absolute atomic E-state index is 12.6. The molecule has 2 aromatic rings. The highest BCUT2D eigenvalue weighted by Crippen LogP contribution is 2.27. The van der Waals surface area contributed by atoms with Crippen molar-refractivity contribution in [2.75, 3.05) is 0 Å². The first-order valence-electron chi connectivity index (χ1n) is 8.36. The van der Waals surface area contributed by atoms with Crippen LogP contribution >= 0.6 is 11.6 Å². The number of carbonyl (C=O) groups excluding carboxylic acids is 3. The number of ketones is 1. The van der Waals surface area contributed by atoms with E-state index in [1.165, 1.54) is 0 Å². The highest BCUT2D eigenvalue weighted by molar-refractivity contribution is 6.33. The molecule has 5 nitrogen and oxygen atoms in total. The van der Waals surface area contributed by atoms with Crippen LogP contribution in [-0.2, 0) is 0 Å². The summed E-state index contributed by atoms with van der Waals surface area (Å²) < 4.78 is 5.88. The lowest BCUT2D eigenvalue weighted by Crippen LogP contribution is -2.43. The third kappa shape index (κ3) is 3.22. The van der Waals surface area contributed by atoms with E-state index in [4.69, 9.17) is 16.3 Å². The van der Waals surface area contributed by atoms with E-state index in [1.54, 1.807) is 55.5 Å². The predicted octanol–water partition coefficient (Wildman–Crippen LogP) is 3.91. The van der Waals surface area contributed by atoms with Crippen molar-refractivity contribution in [3.05, 3.63) is 65.2 Å². The SMILES string of the molecule is CCC(Oc1cccc(C(=O)C(C)Cl)c1)N1C(=O)c2ccccc2C1=O. The molecule has 0 spiro atoms. The smallest absolute Gasteiger partial charge is 0.264 e. The van der Waals surface area contributed by atoms with Crippen LogP contribution < -0.4 is 4.74 Å². The fourth-order valence-corrected chi connectivity index (χ4v) is 3.02. The summed E-state index contributed by atoms with van der Waals surface area (Å²) in [4.78, 5) is 38.4. The number of hydrogen-bond donors (Lipinski definition) is 0. The van der Waals surface area contributed by atoms with Gasteiger partial charge in [0.2, 0.25) is 0 Å².